The van der Waals surface area contributed by atoms with Crippen LogP contribution in [0.3, 0.4) is 0 Å². The molecule has 24 heavy (non-hydrogen) atoms. The molecule has 0 radical (unpaired) electrons. The van der Waals surface area contributed by atoms with Crippen molar-refractivity contribution < 1.29 is 0 Å². The molecule has 0 amide bonds. The Morgan fingerprint density at radius 3 is 2.00 bits per heavy atom. The normalized spacial score (nSPS) is 12.1. The van der Waals surface area contributed by atoms with Crippen LogP contribution in [0.4, 0.5) is 0 Å². The van der Waals surface area contributed by atoms with E-state index in [1.165, 1.54) is 11.1 Å². The van der Waals surface area contributed by atoms with Gasteiger partial charge in [0, 0.05) is 11.1 Å². The number of halogens is 1. The van der Waals surface area contributed by atoms with E-state index in [-0.39, 0.29) is 4.75 Å². The summed E-state index contributed by atoms with van der Waals surface area (Å²) in [7, 11) is 0. The predicted molar refractivity (Wildman–Crippen MR) is 113 cm³/mol. The Labute approximate surface area is 158 Å². The molecule has 0 aliphatic rings. The van der Waals surface area contributed by atoms with E-state index in [1.54, 1.807) is 0 Å². The highest BCUT2D eigenvalue weighted by atomic mass is 79.9. The summed E-state index contributed by atoms with van der Waals surface area (Å²) >= 11 is 5.50. The van der Waals surface area contributed by atoms with Crippen molar-refractivity contribution in [2.24, 2.45) is 0 Å². The van der Waals surface area contributed by atoms with E-state index in [9.17, 15) is 0 Å². The topological polar surface area (TPSA) is 0 Å². The minimum atomic E-state index is -0.283. The number of hydrogen-bond donors (Lipinski definition) is 0. The van der Waals surface area contributed by atoms with Gasteiger partial charge in [0.05, 0.1) is 4.75 Å². The number of benzene rings is 2. The van der Waals surface area contributed by atoms with Crippen LogP contribution in [0.1, 0.15) is 18.1 Å². The van der Waals surface area contributed by atoms with Gasteiger partial charge in [-0.25, -0.2) is 0 Å². The Balaban J connectivity index is 2.62. The van der Waals surface area contributed by atoms with E-state index in [4.69, 9.17) is 0 Å². The molecule has 2 aromatic rings. The zero-order valence-corrected chi connectivity index (χ0v) is 16.4. The Morgan fingerprint density at radius 2 is 1.54 bits per heavy atom. The Hall–Kier alpha value is -1.51. The lowest BCUT2D eigenvalue weighted by Gasteiger charge is -2.35. The van der Waals surface area contributed by atoms with Crippen LogP contribution in [0.5, 0.6) is 0 Å². The Bertz CT molecular complexity index is 647. The van der Waals surface area contributed by atoms with Crippen LogP contribution < -0.4 is 0 Å². The molecule has 0 saturated carbocycles. The number of rotatable bonds is 8. The fourth-order valence-electron chi connectivity index (χ4n) is 2.73. The molecule has 0 atom stereocenters. The molecule has 2 rings (SSSR count). The molecule has 2 aromatic carbocycles. The van der Waals surface area contributed by atoms with Crippen molar-refractivity contribution in [3.63, 3.8) is 0 Å². The first-order chi connectivity index (χ1) is 11.8. The fraction of sp³-hybridized carbons (Fsp3) is 0.182. The standard InChI is InChI=1S/C22H23BrS/c1-3-4-7-12-19(2)22(24-18-17-23,20-13-8-5-9-14-20)21-15-10-6-11-16-21/h3-16H,2,17-18H2,1H3/b4-3-,12-7-. The van der Waals surface area contributed by atoms with Crippen LogP contribution in [-0.2, 0) is 4.75 Å². The highest BCUT2D eigenvalue weighted by Gasteiger charge is 2.36. The summed E-state index contributed by atoms with van der Waals surface area (Å²) in [5.74, 6) is 1.00. The molecular formula is C22H23BrS. The van der Waals surface area contributed by atoms with Gasteiger partial charge in [-0.05, 0) is 23.6 Å². The summed E-state index contributed by atoms with van der Waals surface area (Å²) in [6.45, 7) is 6.47. The second kappa shape index (κ2) is 9.71. The molecule has 124 valence electrons. The second-order valence-electron chi connectivity index (χ2n) is 5.36. The van der Waals surface area contributed by atoms with Crippen molar-refractivity contribution >= 4 is 27.7 Å². The number of allylic oxidation sites excluding steroid dienone is 4. The largest absolute Gasteiger partial charge is 0.140 e. The summed E-state index contributed by atoms with van der Waals surface area (Å²) < 4.78 is -0.283. The zero-order valence-electron chi connectivity index (χ0n) is 14.0. The van der Waals surface area contributed by atoms with Crippen molar-refractivity contribution in [1.29, 1.82) is 0 Å². The quantitative estimate of drug-likeness (QED) is 0.350. The first-order valence-corrected chi connectivity index (χ1v) is 10.2. The van der Waals surface area contributed by atoms with Gasteiger partial charge in [-0.2, -0.15) is 0 Å². The fourth-order valence-corrected chi connectivity index (χ4v) is 4.46. The van der Waals surface area contributed by atoms with Crippen LogP contribution in [0.2, 0.25) is 0 Å². The molecule has 0 aliphatic heterocycles. The maximum atomic E-state index is 4.45. The lowest BCUT2D eigenvalue weighted by molar-refractivity contribution is 0.899. The summed E-state index contributed by atoms with van der Waals surface area (Å²) in [6, 6.07) is 21.3. The van der Waals surface area contributed by atoms with Crippen molar-refractivity contribution in [1.82, 2.24) is 0 Å². The van der Waals surface area contributed by atoms with E-state index >= 15 is 0 Å². The average Bonchev–Trinajstić information content (AvgIpc) is 2.64. The number of thioether (sulfide) groups is 1. The number of alkyl halides is 1. The van der Waals surface area contributed by atoms with Gasteiger partial charge in [0.15, 0.2) is 0 Å². The third-order valence-corrected chi connectivity index (χ3v) is 6.31. The summed E-state index contributed by atoms with van der Waals surface area (Å²) in [5, 5.41) is 0.949. The second-order valence-corrected chi connectivity index (χ2v) is 7.46. The van der Waals surface area contributed by atoms with Crippen LogP contribution in [0.25, 0.3) is 0 Å². The molecule has 0 unspecified atom stereocenters. The van der Waals surface area contributed by atoms with Gasteiger partial charge in [-0.1, -0.05) is 107 Å². The third kappa shape index (κ3) is 4.31. The molecule has 0 N–H and O–H groups in total. The molecule has 0 nitrogen and oxygen atoms in total. The van der Waals surface area contributed by atoms with Gasteiger partial charge in [0.1, 0.15) is 0 Å². The highest BCUT2D eigenvalue weighted by molar-refractivity contribution is 9.09. The lowest BCUT2D eigenvalue weighted by Crippen LogP contribution is -2.26. The van der Waals surface area contributed by atoms with Crippen molar-refractivity contribution in [2.75, 3.05) is 11.1 Å². The smallest absolute Gasteiger partial charge is 0.0901 e. The highest BCUT2D eigenvalue weighted by Crippen LogP contribution is 2.48. The molecule has 0 aromatic heterocycles. The SMILES string of the molecule is C=C(/C=C\C=C/C)C(SCCBr)(c1ccccc1)c1ccccc1. The zero-order chi connectivity index (χ0) is 17.3. The van der Waals surface area contributed by atoms with Gasteiger partial charge >= 0.3 is 0 Å². The minimum absolute atomic E-state index is 0.283. The Kier molecular flexibility index (Phi) is 7.61. The van der Waals surface area contributed by atoms with Crippen molar-refractivity contribution in [3.05, 3.63) is 108 Å². The summed E-state index contributed by atoms with van der Waals surface area (Å²) in [4.78, 5) is 0. The monoisotopic (exact) mass is 398 g/mol. The Morgan fingerprint density at radius 1 is 1.00 bits per heavy atom. The van der Waals surface area contributed by atoms with Crippen molar-refractivity contribution in [2.45, 2.75) is 11.7 Å². The van der Waals surface area contributed by atoms with Gasteiger partial charge in [-0.3, -0.25) is 0 Å². The minimum Gasteiger partial charge on any atom is -0.140 e. The van der Waals surface area contributed by atoms with Crippen LogP contribution in [0, 0.1) is 0 Å². The molecule has 0 spiro atoms. The first-order valence-electron chi connectivity index (χ1n) is 8.05. The van der Waals surface area contributed by atoms with E-state index in [1.807, 2.05) is 30.8 Å². The third-order valence-electron chi connectivity index (χ3n) is 3.81. The summed E-state index contributed by atoms with van der Waals surface area (Å²) in [5.41, 5.74) is 3.61. The van der Waals surface area contributed by atoms with E-state index in [2.05, 4.69) is 95.3 Å². The van der Waals surface area contributed by atoms with E-state index in [0.717, 1.165) is 16.7 Å². The molecule has 0 saturated heterocycles. The molecule has 0 bridgehead atoms. The van der Waals surface area contributed by atoms with Gasteiger partial charge in [-0.15, -0.1) is 11.8 Å². The van der Waals surface area contributed by atoms with Crippen LogP contribution >= 0.6 is 27.7 Å². The average molecular weight is 399 g/mol. The molecular weight excluding hydrogens is 376 g/mol. The lowest BCUT2D eigenvalue weighted by atomic mass is 9.84. The molecule has 0 aliphatic carbocycles. The molecule has 0 fully saturated rings. The number of hydrogen-bond acceptors (Lipinski definition) is 1. The van der Waals surface area contributed by atoms with Gasteiger partial charge in [0.2, 0.25) is 0 Å². The molecule has 0 heterocycles. The molecule has 2 heteroatoms. The van der Waals surface area contributed by atoms with Crippen molar-refractivity contribution in [3.8, 4) is 0 Å². The van der Waals surface area contributed by atoms with E-state index in [0.29, 0.717) is 0 Å². The van der Waals surface area contributed by atoms with Crippen LogP contribution in [0.15, 0.2) is 97.1 Å². The maximum absolute atomic E-state index is 4.45. The van der Waals surface area contributed by atoms with Crippen LogP contribution in [-0.4, -0.2) is 11.1 Å². The van der Waals surface area contributed by atoms with Gasteiger partial charge < -0.3 is 0 Å². The van der Waals surface area contributed by atoms with Gasteiger partial charge in [0.25, 0.3) is 0 Å². The van der Waals surface area contributed by atoms with E-state index < -0.39 is 0 Å². The maximum Gasteiger partial charge on any atom is 0.0901 e. The summed E-state index contributed by atoms with van der Waals surface area (Å²) in [6.07, 6.45) is 8.27. The first kappa shape index (κ1) is 18.8. The predicted octanol–water partition coefficient (Wildman–Crippen LogP) is 6.75.